The molecule has 0 saturated heterocycles. The average molecular weight is 419 g/mol. The summed E-state index contributed by atoms with van der Waals surface area (Å²) in [6, 6.07) is 16.5. The number of nitrogens with two attached hydrogens (primary N) is 1. The fourth-order valence-corrected chi connectivity index (χ4v) is 3.45. The zero-order chi connectivity index (χ0) is 21.3. The predicted octanol–water partition coefficient (Wildman–Crippen LogP) is 2.10. The zero-order valence-corrected chi connectivity index (χ0v) is 16.5. The molecule has 1 amide bonds. The molecule has 0 aliphatic rings. The number of carbonyl (C=O) groups excluding carboxylic acids is 2. The van der Waals surface area contributed by atoms with Crippen molar-refractivity contribution in [1.82, 2.24) is 4.31 Å². The van der Waals surface area contributed by atoms with E-state index in [1.165, 1.54) is 12.1 Å². The molecule has 154 valence electrons. The molecule has 0 unspecified atom stereocenters. The predicted molar refractivity (Wildman–Crippen MR) is 106 cm³/mol. The van der Waals surface area contributed by atoms with Crippen LogP contribution < -0.4 is 5.73 Å². The van der Waals surface area contributed by atoms with Crippen LogP contribution in [0.5, 0.6) is 0 Å². The van der Waals surface area contributed by atoms with Crippen LogP contribution in [0, 0.1) is 0 Å². The second-order valence-electron chi connectivity index (χ2n) is 5.77. The first-order valence-electron chi connectivity index (χ1n) is 8.63. The van der Waals surface area contributed by atoms with Gasteiger partial charge in [0.15, 0.2) is 5.84 Å². The van der Waals surface area contributed by atoms with Gasteiger partial charge in [0.25, 0.3) is 0 Å². The van der Waals surface area contributed by atoms with E-state index in [9.17, 15) is 18.0 Å². The van der Waals surface area contributed by atoms with Gasteiger partial charge in [-0.1, -0.05) is 53.7 Å². The zero-order valence-electron chi connectivity index (χ0n) is 15.7. The lowest BCUT2D eigenvalue weighted by Crippen LogP contribution is -2.41. The minimum Gasteiger partial charge on any atom is -0.449 e. The first kappa shape index (κ1) is 21.9. The molecule has 0 saturated carbocycles. The average Bonchev–Trinajstić information content (AvgIpc) is 2.71. The van der Waals surface area contributed by atoms with Crippen molar-refractivity contribution in [3.8, 4) is 0 Å². The van der Waals surface area contributed by atoms with Crippen LogP contribution in [0.3, 0.4) is 0 Å². The lowest BCUT2D eigenvalue weighted by Gasteiger charge is -2.21. The van der Waals surface area contributed by atoms with E-state index in [0.29, 0.717) is 9.87 Å². The number of hydrogen-bond acceptors (Lipinski definition) is 7. The number of nitrogens with zero attached hydrogens (tertiary/aromatic N) is 2. The Bertz CT molecular complexity index is 962. The summed E-state index contributed by atoms with van der Waals surface area (Å²) >= 11 is 0. The van der Waals surface area contributed by atoms with Crippen molar-refractivity contribution in [2.45, 2.75) is 13.5 Å². The Labute approximate surface area is 168 Å². The summed E-state index contributed by atoms with van der Waals surface area (Å²) in [4.78, 5) is 28.7. The topological polar surface area (TPSA) is 128 Å². The molecule has 0 radical (unpaired) electrons. The van der Waals surface area contributed by atoms with Crippen LogP contribution in [0.15, 0.2) is 65.8 Å². The summed E-state index contributed by atoms with van der Waals surface area (Å²) in [6.45, 7) is 1.32. The molecule has 0 aliphatic heterocycles. The van der Waals surface area contributed by atoms with Crippen LogP contribution in [0.4, 0.5) is 4.79 Å². The van der Waals surface area contributed by atoms with Crippen LogP contribution in [-0.2, 0) is 26.1 Å². The highest BCUT2D eigenvalue weighted by atomic mass is 32.2. The maximum Gasteiger partial charge on any atom is 0.423 e. The summed E-state index contributed by atoms with van der Waals surface area (Å²) in [5.41, 5.74) is 6.41. The van der Waals surface area contributed by atoms with Gasteiger partial charge >= 0.3 is 12.1 Å². The van der Waals surface area contributed by atoms with E-state index in [1.807, 2.05) is 0 Å². The second kappa shape index (κ2) is 10.2. The van der Waals surface area contributed by atoms with Gasteiger partial charge in [-0.05, 0) is 24.6 Å². The number of hydrogen-bond donors (Lipinski definition) is 1. The smallest absolute Gasteiger partial charge is 0.423 e. The van der Waals surface area contributed by atoms with Gasteiger partial charge in [-0.2, -0.15) is 4.31 Å². The first-order valence-corrected chi connectivity index (χ1v) is 10.2. The quantitative estimate of drug-likeness (QED) is 0.300. The van der Waals surface area contributed by atoms with E-state index in [1.54, 1.807) is 55.5 Å². The monoisotopic (exact) mass is 419 g/mol. The molecule has 0 spiro atoms. The van der Waals surface area contributed by atoms with Gasteiger partial charge in [0, 0.05) is 0 Å². The maximum absolute atomic E-state index is 12.7. The molecule has 2 N–H and O–H groups in total. The van der Waals surface area contributed by atoms with Crippen molar-refractivity contribution in [3.05, 3.63) is 71.8 Å². The van der Waals surface area contributed by atoms with Gasteiger partial charge in [0.2, 0.25) is 10.0 Å². The minimum absolute atomic E-state index is 0.00208. The van der Waals surface area contributed by atoms with E-state index >= 15 is 0 Å². The Hall–Kier alpha value is -3.40. The Balaban J connectivity index is 2.13. The third-order valence-corrected chi connectivity index (χ3v) is 5.17. The lowest BCUT2D eigenvalue weighted by atomic mass is 10.2. The summed E-state index contributed by atoms with van der Waals surface area (Å²) in [5.74, 6) is -2.12. The minimum atomic E-state index is -4.24. The first-order chi connectivity index (χ1) is 13.8. The molecule has 2 rings (SSSR count). The van der Waals surface area contributed by atoms with Crippen molar-refractivity contribution in [2.24, 2.45) is 10.9 Å². The largest absolute Gasteiger partial charge is 0.449 e. The van der Waals surface area contributed by atoms with Crippen molar-refractivity contribution >= 4 is 27.9 Å². The van der Waals surface area contributed by atoms with Crippen LogP contribution in [0.2, 0.25) is 0 Å². The lowest BCUT2D eigenvalue weighted by molar-refractivity contribution is 0.0515. The standard InChI is InChI=1S/C19H21N3O6S/c1-2-27-19(24)22(13-15-9-5-3-6-10-15)29(25,26)14-17(20)21-28-18(23)16-11-7-4-8-12-16/h3-12H,2,13-14H2,1H3,(H2,20,21). The van der Waals surface area contributed by atoms with E-state index in [2.05, 4.69) is 9.99 Å². The van der Waals surface area contributed by atoms with Crippen LogP contribution in [0.1, 0.15) is 22.8 Å². The second-order valence-corrected chi connectivity index (χ2v) is 7.67. The third kappa shape index (κ3) is 6.61. The number of carbonyl (C=O) groups is 2. The summed E-state index contributed by atoms with van der Waals surface area (Å²) in [6.07, 6.45) is -1.04. The molecule has 0 aromatic heterocycles. The molecular formula is C19H21N3O6S. The van der Waals surface area contributed by atoms with E-state index in [0.717, 1.165) is 0 Å². The summed E-state index contributed by atoms with van der Waals surface area (Å²) in [7, 11) is -4.24. The fourth-order valence-electron chi connectivity index (χ4n) is 2.24. The maximum atomic E-state index is 12.7. The number of amidine groups is 1. The Morgan fingerprint density at radius 1 is 1.03 bits per heavy atom. The molecule has 29 heavy (non-hydrogen) atoms. The number of rotatable bonds is 8. The highest BCUT2D eigenvalue weighted by Crippen LogP contribution is 2.12. The Morgan fingerprint density at radius 3 is 2.21 bits per heavy atom. The normalized spacial score (nSPS) is 11.6. The molecule has 0 atom stereocenters. The van der Waals surface area contributed by atoms with Gasteiger partial charge < -0.3 is 15.3 Å². The molecule has 2 aromatic carbocycles. The highest BCUT2D eigenvalue weighted by Gasteiger charge is 2.30. The van der Waals surface area contributed by atoms with Gasteiger partial charge in [-0.15, -0.1) is 0 Å². The highest BCUT2D eigenvalue weighted by molar-refractivity contribution is 7.90. The number of amides is 1. The number of ether oxygens (including phenoxy) is 1. The van der Waals surface area contributed by atoms with Crippen LogP contribution >= 0.6 is 0 Å². The number of benzene rings is 2. The van der Waals surface area contributed by atoms with Crippen molar-refractivity contribution in [3.63, 3.8) is 0 Å². The molecule has 10 heteroatoms. The van der Waals surface area contributed by atoms with Crippen molar-refractivity contribution in [1.29, 1.82) is 0 Å². The van der Waals surface area contributed by atoms with Crippen molar-refractivity contribution < 1.29 is 27.6 Å². The molecule has 9 nitrogen and oxygen atoms in total. The summed E-state index contributed by atoms with van der Waals surface area (Å²) in [5, 5.41) is 3.37. The van der Waals surface area contributed by atoms with E-state index < -0.39 is 33.7 Å². The molecule has 2 aromatic rings. The third-order valence-electron chi connectivity index (χ3n) is 3.56. The van der Waals surface area contributed by atoms with Gasteiger partial charge in [-0.3, -0.25) is 0 Å². The van der Waals surface area contributed by atoms with E-state index in [4.69, 9.17) is 10.5 Å². The van der Waals surface area contributed by atoms with Gasteiger partial charge in [0.05, 0.1) is 18.7 Å². The van der Waals surface area contributed by atoms with E-state index in [-0.39, 0.29) is 18.7 Å². The molecule has 0 fully saturated rings. The molecule has 0 bridgehead atoms. The summed E-state index contributed by atoms with van der Waals surface area (Å²) < 4.78 is 30.8. The number of oxime groups is 1. The van der Waals surface area contributed by atoms with Gasteiger partial charge in [0.1, 0.15) is 5.75 Å². The van der Waals surface area contributed by atoms with Crippen molar-refractivity contribution in [2.75, 3.05) is 12.4 Å². The number of sulfonamides is 1. The molecule has 0 heterocycles. The molecular weight excluding hydrogens is 398 g/mol. The SMILES string of the molecule is CCOC(=O)N(Cc1ccccc1)S(=O)(=O)CC(N)=NOC(=O)c1ccccc1. The Morgan fingerprint density at radius 2 is 1.62 bits per heavy atom. The van der Waals surface area contributed by atoms with Crippen LogP contribution in [0.25, 0.3) is 0 Å². The fraction of sp³-hybridized carbons (Fsp3) is 0.211. The van der Waals surface area contributed by atoms with Gasteiger partial charge in [-0.25, -0.2) is 18.0 Å². The Kier molecular flexibility index (Phi) is 7.72. The van der Waals surface area contributed by atoms with Crippen LogP contribution in [-0.4, -0.2) is 43.0 Å². The molecule has 0 aliphatic carbocycles.